The molecule has 35 heavy (non-hydrogen) atoms. The predicted octanol–water partition coefficient (Wildman–Crippen LogP) is 5.28. The lowest BCUT2D eigenvalue weighted by molar-refractivity contribution is 0.240. The maximum absolute atomic E-state index is 13.0. The summed E-state index contributed by atoms with van der Waals surface area (Å²) < 4.78 is 19.4. The molecule has 0 spiro atoms. The van der Waals surface area contributed by atoms with E-state index in [-0.39, 0.29) is 5.56 Å². The lowest BCUT2D eigenvalue weighted by atomic mass is 10.2. The van der Waals surface area contributed by atoms with Crippen LogP contribution in [0.1, 0.15) is 17.5 Å². The van der Waals surface area contributed by atoms with Crippen LogP contribution in [0.25, 0.3) is 22.1 Å². The number of para-hydroxylation sites is 2. The minimum absolute atomic E-state index is 0.109. The summed E-state index contributed by atoms with van der Waals surface area (Å²) in [6, 6.07) is 19.1. The second kappa shape index (κ2) is 9.98. The first kappa shape index (κ1) is 23.2. The summed E-state index contributed by atoms with van der Waals surface area (Å²) in [5, 5.41) is 0.411. The molecule has 0 amide bonds. The molecule has 0 aliphatic rings. The summed E-state index contributed by atoms with van der Waals surface area (Å²) in [6.45, 7) is 2.98. The van der Waals surface area contributed by atoms with Crippen LogP contribution in [-0.4, -0.2) is 29.7 Å². The Morgan fingerprint density at radius 2 is 1.83 bits per heavy atom. The van der Waals surface area contributed by atoms with Gasteiger partial charge in [0.2, 0.25) is 0 Å². The van der Waals surface area contributed by atoms with Crippen LogP contribution in [0, 0.1) is 6.92 Å². The molecule has 178 valence electrons. The third-order valence-electron chi connectivity index (χ3n) is 5.52. The van der Waals surface area contributed by atoms with E-state index in [0.29, 0.717) is 45.6 Å². The summed E-state index contributed by atoms with van der Waals surface area (Å²) in [5.41, 5.74) is 3.43. The molecule has 5 rings (SSSR count). The van der Waals surface area contributed by atoms with E-state index in [9.17, 15) is 4.79 Å². The van der Waals surface area contributed by atoms with E-state index < -0.39 is 0 Å². The standard InChI is InChI=1S/C27H23ClN2O4S/c1-17-8-10-19(11-9-17)33-12-5-13-34-25-20(28)14-18(15-23(25)32-2)16-24-26(31)30-22-7-4-3-6-21(22)29-27(30)35-24/h3-4,6-11,14-16H,5,12-13H2,1-2H3/b24-16-. The Morgan fingerprint density at radius 3 is 2.63 bits per heavy atom. The molecule has 6 nitrogen and oxygen atoms in total. The third-order valence-corrected chi connectivity index (χ3v) is 6.77. The average molecular weight is 507 g/mol. The zero-order valence-electron chi connectivity index (χ0n) is 19.3. The van der Waals surface area contributed by atoms with E-state index in [1.165, 1.54) is 16.9 Å². The van der Waals surface area contributed by atoms with Crippen LogP contribution in [0.2, 0.25) is 5.02 Å². The van der Waals surface area contributed by atoms with Gasteiger partial charge in [0.05, 0.1) is 40.9 Å². The molecule has 0 N–H and O–H groups in total. The lowest BCUT2D eigenvalue weighted by Gasteiger charge is -2.13. The topological polar surface area (TPSA) is 62.1 Å². The number of nitrogens with zero attached hydrogens (tertiary/aromatic N) is 2. The molecule has 2 aromatic heterocycles. The Bertz CT molecular complexity index is 1610. The maximum atomic E-state index is 13.0. The van der Waals surface area contributed by atoms with Crippen molar-refractivity contribution in [1.82, 2.24) is 9.38 Å². The number of methoxy groups -OCH3 is 1. The molecule has 2 heterocycles. The summed E-state index contributed by atoms with van der Waals surface area (Å²) in [4.78, 5) is 18.3. The third kappa shape index (κ3) is 4.83. The predicted molar refractivity (Wildman–Crippen MR) is 140 cm³/mol. The molecular formula is C27H23ClN2O4S. The highest BCUT2D eigenvalue weighted by atomic mass is 35.5. The van der Waals surface area contributed by atoms with Gasteiger partial charge in [-0.15, -0.1) is 0 Å². The zero-order valence-corrected chi connectivity index (χ0v) is 20.9. The van der Waals surface area contributed by atoms with Crippen molar-refractivity contribution in [2.45, 2.75) is 13.3 Å². The van der Waals surface area contributed by atoms with Gasteiger partial charge in [-0.25, -0.2) is 9.38 Å². The Morgan fingerprint density at radius 1 is 1.06 bits per heavy atom. The summed E-state index contributed by atoms with van der Waals surface area (Å²) in [5.74, 6) is 1.80. The van der Waals surface area contributed by atoms with Crippen molar-refractivity contribution in [1.29, 1.82) is 0 Å². The van der Waals surface area contributed by atoms with E-state index in [2.05, 4.69) is 4.98 Å². The number of ether oxygens (including phenoxy) is 3. The monoisotopic (exact) mass is 506 g/mol. The number of rotatable bonds is 8. The van der Waals surface area contributed by atoms with E-state index in [4.69, 9.17) is 25.8 Å². The van der Waals surface area contributed by atoms with Crippen molar-refractivity contribution in [3.63, 3.8) is 0 Å². The van der Waals surface area contributed by atoms with Gasteiger partial charge >= 0.3 is 0 Å². The fourth-order valence-electron chi connectivity index (χ4n) is 3.78. The van der Waals surface area contributed by atoms with Crippen molar-refractivity contribution >= 4 is 45.0 Å². The highest BCUT2D eigenvalue weighted by Gasteiger charge is 2.14. The van der Waals surface area contributed by atoms with Crippen LogP contribution in [0.5, 0.6) is 17.2 Å². The van der Waals surface area contributed by atoms with Gasteiger partial charge in [-0.3, -0.25) is 4.79 Å². The Labute approximate surface area is 211 Å². The quantitative estimate of drug-likeness (QED) is 0.268. The highest BCUT2D eigenvalue weighted by molar-refractivity contribution is 7.15. The fraction of sp³-hybridized carbons (Fsp3) is 0.185. The van der Waals surface area contributed by atoms with E-state index in [1.54, 1.807) is 23.7 Å². The van der Waals surface area contributed by atoms with Crippen molar-refractivity contribution in [3.05, 3.63) is 91.7 Å². The van der Waals surface area contributed by atoms with Gasteiger partial charge in [-0.2, -0.15) is 0 Å². The van der Waals surface area contributed by atoms with Gasteiger partial charge in [0.1, 0.15) is 5.75 Å². The van der Waals surface area contributed by atoms with Crippen LogP contribution in [0.4, 0.5) is 0 Å². The number of benzene rings is 3. The first-order valence-corrected chi connectivity index (χ1v) is 12.3. The Balaban J connectivity index is 1.32. The molecule has 0 unspecified atom stereocenters. The first-order valence-electron chi connectivity index (χ1n) is 11.1. The fourth-order valence-corrected chi connectivity index (χ4v) is 5.04. The number of halogens is 1. The highest BCUT2D eigenvalue weighted by Crippen LogP contribution is 2.36. The molecule has 0 bridgehead atoms. The molecule has 0 atom stereocenters. The summed E-state index contributed by atoms with van der Waals surface area (Å²) in [6.07, 6.45) is 2.48. The first-order chi connectivity index (χ1) is 17.0. The largest absolute Gasteiger partial charge is 0.493 e. The van der Waals surface area contributed by atoms with Crippen LogP contribution in [0.15, 0.2) is 65.5 Å². The van der Waals surface area contributed by atoms with Crippen LogP contribution < -0.4 is 24.3 Å². The van der Waals surface area contributed by atoms with Crippen LogP contribution in [0.3, 0.4) is 0 Å². The van der Waals surface area contributed by atoms with Gasteiger partial charge in [0, 0.05) is 6.42 Å². The second-order valence-electron chi connectivity index (χ2n) is 8.03. The molecule has 0 aliphatic carbocycles. The summed E-state index contributed by atoms with van der Waals surface area (Å²) >= 11 is 7.87. The Hall–Kier alpha value is -3.55. The van der Waals surface area contributed by atoms with E-state index in [0.717, 1.165) is 22.3 Å². The van der Waals surface area contributed by atoms with Gasteiger partial charge in [-0.1, -0.05) is 52.8 Å². The number of hydrogen-bond donors (Lipinski definition) is 0. The number of fused-ring (bicyclic) bond motifs is 3. The maximum Gasteiger partial charge on any atom is 0.274 e. The van der Waals surface area contributed by atoms with Crippen molar-refractivity contribution in [3.8, 4) is 17.2 Å². The summed E-state index contributed by atoms with van der Waals surface area (Å²) in [7, 11) is 1.56. The Kier molecular flexibility index (Phi) is 6.61. The number of aromatic nitrogens is 2. The number of imidazole rings is 1. The second-order valence-corrected chi connectivity index (χ2v) is 9.45. The molecule has 3 aromatic carbocycles. The van der Waals surface area contributed by atoms with E-state index in [1.807, 2.05) is 61.5 Å². The molecule has 8 heteroatoms. The number of thiazole rings is 1. The molecule has 0 radical (unpaired) electrons. The molecule has 5 aromatic rings. The average Bonchev–Trinajstić information content (AvgIpc) is 3.36. The van der Waals surface area contributed by atoms with Gasteiger partial charge < -0.3 is 14.2 Å². The lowest BCUT2D eigenvalue weighted by Crippen LogP contribution is -2.22. The minimum atomic E-state index is -0.109. The van der Waals surface area contributed by atoms with Crippen LogP contribution >= 0.6 is 22.9 Å². The van der Waals surface area contributed by atoms with E-state index >= 15 is 0 Å². The number of aryl methyl sites for hydroxylation is 1. The van der Waals surface area contributed by atoms with Crippen molar-refractivity contribution in [2.24, 2.45) is 0 Å². The molecule has 0 saturated heterocycles. The molecular weight excluding hydrogens is 484 g/mol. The smallest absolute Gasteiger partial charge is 0.274 e. The van der Waals surface area contributed by atoms with Gasteiger partial charge in [-0.05, 0) is 55.0 Å². The number of hydrogen-bond acceptors (Lipinski definition) is 6. The molecule has 0 aliphatic heterocycles. The SMILES string of the molecule is COc1cc(/C=c2\sc3nc4ccccc4n3c2=O)cc(Cl)c1OCCCOc1ccc(C)cc1. The van der Waals surface area contributed by atoms with Crippen molar-refractivity contribution in [2.75, 3.05) is 20.3 Å². The normalized spacial score (nSPS) is 11.9. The van der Waals surface area contributed by atoms with Gasteiger partial charge in [0.25, 0.3) is 5.56 Å². The van der Waals surface area contributed by atoms with Crippen LogP contribution in [-0.2, 0) is 0 Å². The van der Waals surface area contributed by atoms with Gasteiger partial charge in [0.15, 0.2) is 16.5 Å². The molecule has 0 fully saturated rings. The molecule has 0 saturated carbocycles. The minimum Gasteiger partial charge on any atom is -0.493 e. The van der Waals surface area contributed by atoms with Crippen molar-refractivity contribution < 1.29 is 14.2 Å². The zero-order chi connectivity index (χ0) is 24.4.